The molecular weight excluding hydrogens is 366 g/mol. The number of guanidine groups is 1. The standard InChI is InChI=1S/C19H18ClN5O2/c1-27-17-8-11(9-21)2-3-14(17)12-4-5-16(20)13-6-7-25(10-15(12)13)19(26)24-18(22)23/h2-5,8H,6-7,10H2,1H3,(H4,22,23,24,26). The summed E-state index contributed by atoms with van der Waals surface area (Å²) >= 11 is 6.39. The van der Waals surface area contributed by atoms with Gasteiger partial charge in [-0.1, -0.05) is 17.7 Å². The lowest BCUT2D eigenvalue weighted by Crippen LogP contribution is -2.36. The number of benzene rings is 2. The monoisotopic (exact) mass is 383 g/mol. The number of amides is 2. The summed E-state index contributed by atoms with van der Waals surface area (Å²) in [6, 6.07) is 10.6. The fraction of sp³-hybridized carbons (Fsp3) is 0.211. The first-order chi connectivity index (χ1) is 12.9. The number of hydrogen-bond donors (Lipinski definition) is 2. The Morgan fingerprint density at radius 3 is 2.67 bits per heavy atom. The van der Waals surface area contributed by atoms with Gasteiger partial charge in [0.15, 0.2) is 5.96 Å². The van der Waals surface area contributed by atoms with Gasteiger partial charge >= 0.3 is 6.03 Å². The molecule has 0 fully saturated rings. The Morgan fingerprint density at radius 2 is 2.00 bits per heavy atom. The van der Waals surface area contributed by atoms with Gasteiger partial charge in [0.1, 0.15) is 5.75 Å². The van der Waals surface area contributed by atoms with E-state index in [9.17, 15) is 4.79 Å². The first-order valence-electron chi connectivity index (χ1n) is 8.22. The summed E-state index contributed by atoms with van der Waals surface area (Å²) < 4.78 is 5.47. The molecular formula is C19H18ClN5O2. The summed E-state index contributed by atoms with van der Waals surface area (Å²) in [6.45, 7) is 0.792. The van der Waals surface area contributed by atoms with E-state index in [4.69, 9.17) is 33.1 Å². The van der Waals surface area contributed by atoms with E-state index in [0.717, 1.165) is 22.3 Å². The second kappa shape index (κ2) is 7.56. The van der Waals surface area contributed by atoms with Crippen molar-refractivity contribution in [1.82, 2.24) is 4.90 Å². The molecule has 1 aliphatic heterocycles. The highest BCUT2D eigenvalue weighted by molar-refractivity contribution is 6.31. The quantitative estimate of drug-likeness (QED) is 0.610. The van der Waals surface area contributed by atoms with Gasteiger partial charge in [0, 0.05) is 23.7 Å². The molecule has 27 heavy (non-hydrogen) atoms. The average Bonchev–Trinajstić information content (AvgIpc) is 2.67. The summed E-state index contributed by atoms with van der Waals surface area (Å²) in [5, 5.41) is 9.76. The maximum absolute atomic E-state index is 12.2. The van der Waals surface area contributed by atoms with E-state index >= 15 is 0 Å². The zero-order valence-corrected chi connectivity index (χ0v) is 15.5. The molecule has 0 unspecified atom stereocenters. The molecule has 0 aliphatic carbocycles. The molecule has 0 aromatic heterocycles. The number of halogens is 1. The molecule has 0 atom stereocenters. The minimum absolute atomic E-state index is 0.272. The molecule has 0 bridgehead atoms. The molecule has 0 spiro atoms. The van der Waals surface area contributed by atoms with Crippen LogP contribution in [0.5, 0.6) is 5.75 Å². The Labute approximate surface area is 161 Å². The van der Waals surface area contributed by atoms with Gasteiger partial charge < -0.3 is 21.1 Å². The Bertz CT molecular complexity index is 977. The molecule has 0 radical (unpaired) electrons. The van der Waals surface area contributed by atoms with Crippen molar-refractivity contribution >= 4 is 23.6 Å². The second-order valence-corrected chi connectivity index (χ2v) is 6.48. The predicted molar refractivity (Wildman–Crippen MR) is 103 cm³/mol. The van der Waals surface area contributed by atoms with E-state index in [1.54, 1.807) is 24.1 Å². The van der Waals surface area contributed by atoms with E-state index in [0.29, 0.717) is 35.8 Å². The normalized spacial score (nSPS) is 12.7. The average molecular weight is 384 g/mol. The second-order valence-electron chi connectivity index (χ2n) is 6.07. The first-order valence-corrected chi connectivity index (χ1v) is 8.59. The maximum atomic E-state index is 12.2. The van der Waals surface area contributed by atoms with Gasteiger partial charge in [0.25, 0.3) is 0 Å². The summed E-state index contributed by atoms with van der Waals surface area (Å²) in [5.74, 6) is 0.303. The van der Waals surface area contributed by atoms with Crippen molar-refractivity contribution in [3.8, 4) is 22.9 Å². The smallest absolute Gasteiger partial charge is 0.347 e. The zero-order valence-electron chi connectivity index (χ0n) is 14.7. The number of aliphatic imine (C=N–C) groups is 1. The zero-order chi connectivity index (χ0) is 19.6. The minimum atomic E-state index is -0.488. The third-order valence-corrected chi connectivity index (χ3v) is 4.82. The van der Waals surface area contributed by atoms with E-state index in [1.807, 2.05) is 18.2 Å². The molecule has 8 heteroatoms. The Balaban J connectivity index is 2.09. The number of urea groups is 1. The number of nitrogens with two attached hydrogens (primary N) is 2. The van der Waals surface area contributed by atoms with E-state index in [1.165, 1.54) is 0 Å². The molecule has 2 amide bonds. The number of ether oxygens (including phenoxy) is 1. The summed E-state index contributed by atoms with van der Waals surface area (Å²) in [7, 11) is 1.55. The van der Waals surface area contributed by atoms with Gasteiger partial charge in [-0.25, -0.2) is 4.79 Å². The largest absolute Gasteiger partial charge is 0.496 e. The van der Waals surface area contributed by atoms with Crippen molar-refractivity contribution in [2.24, 2.45) is 16.5 Å². The highest BCUT2D eigenvalue weighted by Gasteiger charge is 2.26. The highest BCUT2D eigenvalue weighted by Crippen LogP contribution is 2.39. The number of nitrogens with zero attached hydrogens (tertiary/aromatic N) is 3. The van der Waals surface area contributed by atoms with Crippen LogP contribution in [0, 0.1) is 11.3 Å². The Morgan fingerprint density at radius 1 is 1.26 bits per heavy atom. The molecule has 3 rings (SSSR count). The van der Waals surface area contributed by atoms with Crippen LogP contribution in [0.4, 0.5) is 4.79 Å². The molecule has 7 nitrogen and oxygen atoms in total. The SMILES string of the molecule is COc1cc(C#N)ccc1-c1ccc(Cl)c2c1CN(C(=O)N=C(N)N)CC2. The van der Waals surface area contributed by atoms with Crippen LogP contribution < -0.4 is 16.2 Å². The third-order valence-electron chi connectivity index (χ3n) is 4.47. The van der Waals surface area contributed by atoms with Crippen molar-refractivity contribution in [3.63, 3.8) is 0 Å². The lowest BCUT2D eigenvalue weighted by Gasteiger charge is -2.30. The van der Waals surface area contributed by atoms with Crippen LogP contribution in [0.3, 0.4) is 0 Å². The van der Waals surface area contributed by atoms with Gasteiger partial charge in [-0.05, 0) is 47.4 Å². The molecule has 1 heterocycles. The van der Waals surface area contributed by atoms with Crippen molar-refractivity contribution in [1.29, 1.82) is 5.26 Å². The van der Waals surface area contributed by atoms with Crippen LogP contribution in [0.25, 0.3) is 11.1 Å². The molecule has 2 aromatic carbocycles. The van der Waals surface area contributed by atoms with Gasteiger partial charge in [0.05, 0.1) is 18.7 Å². The maximum Gasteiger partial charge on any atom is 0.347 e. The summed E-state index contributed by atoms with van der Waals surface area (Å²) in [5.41, 5.74) is 14.7. The minimum Gasteiger partial charge on any atom is -0.496 e. The molecule has 4 N–H and O–H groups in total. The molecule has 2 aromatic rings. The van der Waals surface area contributed by atoms with Crippen molar-refractivity contribution in [3.05, 3.63) is 52.0 Å². The summed E-state index contributed by atoms with van der Waals surface area (Å²) in [6.07, 6.45) is 0.590. The van der Waals surface area contributed by atoms with Gasteiger partial charge in [-0.15, -0.1) is 0 Å². The fourth-order valence-corrected chi connectivity index (χ4v) is 3.48. The molecule has 0 saturated heterocycles. The molecule has 1 aliphatic rings. The summed E-state index contributed by atoms with van der Waals surface area (Å²) in [4.78, 5) is 17.4. The van der Waals surface area contributed by atoms with Crippen molar-refractivity contribution in [2.75, 3.05) is 13.7 Å². The Kier molecular flexibility index (Phi) is 5.19. The number of carbonyl (C=O) groups excluding carboxylic acids is 1. The number of carbonyl (C=O) groups is 1. The number of methoxy groups -OCH3 is 1. The number of nitriles is 1. The highest BCUT2D eigenvalue weighted by atomic mass is 35.5. The third kappa shape index (κ3) is 3.66. The number of hydrogen-bond acceptors (Lipinski definition) is 3. The Hall–Kier alpha value is -3.24. The lowest BCUT2D eigenvalue weighted by molar-refractivity contribution is 0.203. The number of fused-ring (bicyclic) bond motifs is 1. The van der Waals surface area contributed by atoms with Crippen molar-refractivity contribution < 1.29 is 9.53 Å². The first kappa shape index (κ1) is 18.5. The van der Waals surface area contributed by atoms with Crippen LogP contribution in [-0.4, -0.2) is 30.5 Å². The van der Waals surface area contributed by atoms with E-state index in [2.05, 4.69) is 11.1 Å². The number of rotatable bonds is 2. The molecule has 138 valence electrons. The van der Waals surface area contributed by atoms with Crippen LogP contribution in [-0.2, 0) is 13.0 Å². The van der Waals surface area contributed by atoms with Gasteiger partial charge in [-0.2, -0.15) is 10.3 Å². The van der Waals surface area contributed by atoms with Crippen LogP contribution in [0.15, 0.2) is 35.3 Å². The molecule has 0 saturated carbocycles. The van der Waals surface area contributed by atoms with Gasteiger partial charge in [0.2, 0.25) is 0 Å². The van der Waals surface area contributed by atoms with Crippen LogP contribution >= 0.6 is 11.6 Å². The van der Waals surface area contributed by atoms with E-state index < -0.39 is 6.03 Å². The van der Waals surface area contributed by atoms with Crippen molar-refractivity contribution in [2.45, 2.75) is 13.0 Å². The fourth-order valence-electron chi connectivity index (χ4n) is 3.21. The topological polar surface area (TPSA) is 118 Å². The lowest BCUT2D eigenvalue weighted by atomic mass is 9.90. The van der Waals surface area contributed by atoms with Gasteiger partial charge in [-0.3, -0.25) is 0 Å². The van der Waals surface area contributed by atoms with Crippen LogP contribution in [0.2, 0.25) is 5.02 Å². The van der Waals surface area contributed by atoms with E-state index in [-0.39, 0.29) is 5.96 Å². The predicted octanol–water partition coefficient (Wildman–Crippen LogP) is 2.64. The van der Waals surface area contributed by atoms with Crippen LogP contribution in [0.1, 0.15) is 16.7 Å².